The summed E-state index contributed by atoms with van der Waals surface area (Å²) in [5.41, 5.74) is 0.386. The molecule has 0 unspecified atom stereocenters. The van der Waals surface area contributed by atoms with Gasteiger partial charge in [-0.2, -0.15) is 10.3 Å². The third kappa shape index (κ3) is 1.79. The van der Waals surface area contributed by atoms with Gasteiger partial charge in [0.25, 0.3) is 0 Å². The van der Waals surface area contributed by atoms with Gasteiger partial charge in [0.1, 0.15) is 0 Å². The van der Waals surface area contributed by atoms with E-state index >= 15 is 0 Å². The van der Waals surface area contributed by atoms with Gasteiger partial charge in [-0.05, 0) is 0 Å². The van der Waals surface area contributed by atoms with Crippen molar-refractivity contribution in [3.05, 3.63) is 11.4 Å². The smallest absolute Gasteiger partial charge is 0.358 e. The Bertz CT molecular complexity index is 271. The van der Waals surface area contributed by atoms with Crippen molar-refractivity contribution in [1.82, 2.24) is 15.4 Å². The Hall–Kier alpha value is -1.43. The fourth-order valence-electron chi connectivity index (χ4n) is 0.797. The number of nitrogens with one attached hydrogen (secondary N) is 1. The minimum absolute atomic E-state index is 0.0351. The Balaban J connectivity index is 2.70. The lowest BCUT2D eigenvalue weighted by Gasteiger charge is -1.94. The standard InChI is InChI=1S/C6H9N3O3/c1-12-3-2-4-5(6(10)11)8-9-7-4/h2-3H2,1H3,(H,10,11)(H,7,8,9). The van der Waals surface area contributed by atoms with E-state index in [1.165, 1.54) is 0 Å². The number of carbonyl (C=O) groups is 1. The van der Waals surface area contributed by atoms with Gasteiger partial charge < -0.3 is 9.84 Å². The fourth-order valence-corrected chi connectivity index (χ4v) is 0.797. The number of carboxylic acids is 1. The quantitative estimate of drug-likeness (QED) is 0.648. The minimum Gasteiger partial charge on any atom is -0.476 e. The van der Waals surface area contributed by atoms with Crippen LogP contribution in [0.15, 0.2) is 0 Å². The van der Waals surface area contributed by atoms with Crippen molar-refractivity contribution in [2.24, 2.45) is 0 Å². The van der Waals surface area contributed by atoms with E-state index < -0.39 is 5.97 Å². The largest absolute Gasteiger partial charge is 0.476 e. The third-order valence-corrected chi connectivity index (χ3v) is 1.37. The number of aromatic amines is 1. The molecule has 0 aliphatic carbocycles. The Labute approximate surface area is 68.5 Å². The molecule has 1 aromatic rings. The van der Waals surface area contributed by atoms with Gasteiger partial charge >= 0.3 is 5.97 Å². The second kappa shape index (κ2) is 3.82. The highest BCUT2D eigenvalue weighted by molar-refractivity contribution is 5.86. The predicted molar refractivity (Wildman–Crippen MR) is 38.9 cm³/mol. The van der Waals surface area contributed by atoms with Gasteiger partial charge in [-0.15, -0.1) is 5.10 Å². The number of carboxylic acid groups (broad SMARTS) is 1. The first-order chi connectivity index (χ1) is 5.75. The van der Waals surface area contributed by atoms with Crippen LogP contribution in [0.25, 0.3) is 0 Å². The lowest BCUT2D eigenvalue weighted by Crippen LogP contribution is -2.04. The molecule has 2 N–H and O–H groups in total. The Morgan fingerprint density at radius 2 is 2.42 bits per heavy atom. The van der Waals surface area contributed by atoms with E-state index in [1.54, 1.807) is 7.11 Å². The van der Waals surface area contributed by atoms with E-state index in [1.807, 2.05) is 0 Å². The van der Waals surface area contributed by atoms with Crippen LogP contribution in [-0.4, -0.2) is 40.2 Å². The van der Waals surface area contributed by atoms with Crippen LogP contribution in [0.1, 0.15) is 16.2 Å². The molecular formula is C6H9N3O3. The van der Waals surface area contributed by atoms with Gasteiger partial charge in [-0.3, -0.25) is 0 Å². The number of H-pyrrole nitrogens is 1. The van der Waals surface area contributed by atoms with E-state index in [4.69, 9.17) is 9.84 Å². The number of hydrogen-bond acceptors (Lipinski definition) is 4. The van der Waals surface area contributed by atoms with Crippen molar-refractivity contribution >= 4 is 5.97 Å². The molecule has 66 valence electrons. The third-order valence-electron chi connectivity index (χ3n) is 1.37. The zero-order chi connectivity index (χ0) is 8.97. The number of nitrogens with zero attached hydrogens (tertiary/aromatic N) is 2. The molecule has 0 bridgehead atoms. The molecule has 0 spiro atoms. The first kappa shape index (κ1) is 8.66. The topological polar surface area (TPSA) is 88.1 Å². The second-order valence-corrected chi connectivity index (χ2v) is 2.17. The number of aromatic carboxylic acids is 1. The SMILES string of the molecule is COCCc1n[nH]nc1C(=O)O. The summed E-state index contributed by atoms with van der Waals surface area (Å²) < 4.78 is 4.78. The molecule has 0 fully saturated rings. The number of aromatic nitrogens is 3. The van der Waals surface area contributed by atoms with Gasteiger partial charge in [-0.25, -0.2) is 4.79 Å². The average Bonchev–Trinajstić information content (AvgIpc) is 2.48. The molecule has 1 aromatic heterocycles. The van der Waals surface area contributed by atoms with Crippen LogP contribution in [-0.2, 0) is 11.2 Å². The highest BCUT2D eigenvalue weighted by atomic mass is 16.5. The summed E-state index contributed by atoms with van der Waals surface area (Å²) in [6.45, 7) is 0.437. The predicted octanol–water partition coefficient (Wildman–Crippen LogP) is -0.308. The van der Waals surface area contributed by atoms with Crippen LogP contribution in [0.2, 0.25) is 0 Å². The Morgan fingerprint density at radius 3 is 3.00 bits per heavy atom. The summed E-state index contributed by atoms with van der Waals surface area (Å²) in [6, 6.07) is 0. The first-order valence-corrected chi connectivity index (χ1v) is 3.37. The molecule has 0 radical (unpaired) electrons. The summed E-state index contributed by atoms with van der Waals surface area (Å²) in [4.78, 5) is 10.5. The number of ether oxygens (including phenoxy) is 1. The highest BCUT2D eigenvalue weighted by Crippen LogP contribution is 2.01. The Morgan fingerprint density at radius 1 is 1.67 bits per heavy atom. The van der Waals surface area contributed by atoms with E-state index in [0.29, 0.717) is 18.7 Å². The molecule has 0 saturated carbocycles. The van der Waals surface area contributed by atoms with Crippen LogP contribution in [0.3, 0.4) is 0 Å². The maximum atomic E-state index is 10.5. The zero-order valence-electron chi connectivity index (χ0n) is 6.57. The second-order valence-electron chi connectivity index (χ2n) is 2.17. The molecular weight excluding hydrogens is 162 g/mol. The summed E-state index contributed by atoms with van der Waals surface area (Å²) in [7, 11) is 1.54. The maximum Gasteiger partial charge on any atom is 0.358 e. The van der Waals surface area contributed by atoms with Gasteiger partial charge in [0, 0.05) is 13.5 Å². The molecule has 0 atom stereocenters. The van der Waals surface area contributed by atoms with Crippen molar-refractivity contribution < 1.29 is 14.6 Å². The van der Waals surface area contributed by atoms with Gasteiger partial charge in [0.05, 0.1) is 12.3 Å². The summed E-state index contributed by atoms with van der Waals surface area (Å²) in [5.74, 6) is -1.07. The Kier molecular flexibility index (Phi) is 2.76. The van der Waals surface area contributed by atoms with Crippen LogP contribution in [0.5, 0.6) is 0 Å². The van der Waals surface area contributed by atoms with Crippen molar-refractivity contribution in [3.8, 4) is 0 Å². The molecule has 12 heavy (non-hydrogen) atoms. The number of hydrogen-bond donors (Lipinski definition) is 2. The molecule has 0 aromatic carbocycles. The molecule has 1 rings (SSSR count). The van der Waals surface area contributed by atoms with Crippen LogP contribution in [0.4, 0.5) is 0 Å². The van der Waals surface area contributed by atoms with Gasteiger partial charge in [0.2, 0.25) is 0 Å². The average molecular weight is 171 g/mol. The molecule has 0 saturated heterocycles. The zero-order valence-corrected chi connectivity index (χ0v) is 6.57. The molecule has 6 heteroatoms. The molecule has 1 heterocycles. The molecule has 0 aliphatic rings. The maximum absolute atomic E-state index is 10.5. The fraction of sp³-hybridized carbons (Fsp3) is 0.500. The molecule has 0 amide bonds. The van der Waals surface area contributed by atoms with Crippen molar-refractivity contribution in [3.63, 3.8) is 0 Å². The van der Waals surface area contributed by atoms with Crippen molar-refractivity contribution in [1.29, 1.82) is 0 Å². The van der Waals surface area contributed by atoms with E-state index in [9.17, 15) is 4.79 Å². The van der Waals surface area contributed by atoms with E-state index in [-0.39, 0.29) is 5.69 Å². The number of rotatable bonds is 4. The lowest BCUT2D eigenvalue weighted by atomic mass is 10.2. The van der Waals surface area contributed by atoms with Gasteiger partial charge in [-0.1, -0.05) is 0 Å². The van der Waals surface area contributed by atoms with Gasteiger partial charge in [0.15, 0.2) is 5.69 Å². The van der Waals surface area contributed by atoms with E-state index in [2.05, 4.69) is 15.4 Å². The monoisotopic (exact) mass is 171 g/mol. The van der Waals surface area contributed by atoms with Crippen LogP contribution < -0.4 is 0 Å². The summed E-state index contributed by atoms with van der Waals surface area (Å²) in [5, 5.41) is 18.0. The molecule has 0 aliphatic heterocycles. The number of methoxy groups -OCH3 is 1. The lowest BCUT2D eigenvalue weighted by molar-refractivity contribution is 0.0688. The van der Waals surface area contributed by atoms with Crippen LogP contribution >= 0.6 is 0 Å². The summed E-state index contributed by atoms with van der Waals surface area (Å²) >= 11 is 0. The van der Waals surface area contributed by atoms with Crippen LogP contribution in [0, 0.1) is 0 Å². The normalized spacial score (nSPS) is 10.1. The van der Waals surface area contributed by atoms with Crippen molar-refractivity contribution in [2.45, 2.75) is 6.42 Å². The minimum atomic E-state index is -1.07. The first-order valence-electron chi connectivity index (χ1n) is 3.37. The summed E-state index contributed by atoms with van der Waals surface area (Å²) in [6.07, 6.45) is 0.453. The van der Waals surface area contributed by atoms with E-state index in [0.717, 1.165) is 0 Å². The van der Waals surface area contributed by atoms with Crippen molar-refractivity contribution in [2.75, 3.05) is 13.7 Å². The highest BCUT2D eigenvalue weighted by Gasteiger charge is 2.13. The molecule has 6 nitrogen and oxygen atoms in total.